The molecule has 1 heterocycles. The average molecular weight is 281 g/mol. The quantitative estimate of drug-likeness (QED) is 0.852. The van der Waals surface area contributed by atoms with E-state index in [4.69, 9.17) is 0 Å². The van der Waals surface area contributed by atoms with Crippen molar-refractivity contribution in [1.82, 2.24) is 4.90 Å². The Bertz CT molecular complexity index is 324. The first-order valence-electron chi connectivity index (χ1n) is 8.46. The molecule has 0 atom stereocenters. The van der Waals surface area contributed by atoms with Crippen LogP contribution >= 0.6 is 0 Å². The van der Waals surface area contributed by atoms with Gasteiger partial charge in [-0.1, -0.05) is 20.8 Å². The molecule has 116 valence electrons. The van der Waals surface area contributed by atoms with E-state index >= 15 is 0 Å². The molecule has 0 bridgehead atoms. The van der Waals surface area contributed by atoms with Crippen molar-refractivity contribution >= 4 is 5.97 Å². The van der Waals surface area contributed by atoms with Crippen molar-refractivity contribution < 1.29 is 9.90 Å². The van der Waals surface area contributed by atoms with Crippen LogP contribution < -0.4 is 0 Å². The number of carbonyl (C=O) groups is 1. The number of likely N-dealkylation sites (tertiary alicyclic amines) is 1. The molecule has 1 saturated carbocycles. The lowest BCUT2D eigenvalue weighted by Gasteiger charge is -2.44. The fourth-order valence-electron chi connectivity index (χ4n) is 4.17. The number of piperidine rings is 1. The first kappa shape index (κ1) is 15.8. The molecule has 1 aliphatic carbocycles. The lowest BCUT2D eigenvalue weighted by molar-refractivity contribution is -0.152. The number of nitrogens with zero attached hydrogens (tertiary/aromatic N) is 1. The highest BCUT2D eigenvalue weighted by Crippen LogP contribution is 2.38. The fraction of sp³-hybridized carbons (Fsp3) is 0.941. The molecule has 0 radical (unpaired) electrons. The molecule has 0 unspecified atom stereocenters. The summed E-state index contributed by atoms with van der Waals surface area (Å²) in [4.78, 5) is 14.1. The van der Waals surface area contributed by atoms with Crippen molar-refractivity contribution in [2.24, 2.45) is 17.3 Å². The summed E-state index contributed by atoms with van der Waals surface area (Å²) in [7, 11) is 0. The van der Waals surface area contributed by atoms with Crippen LogP contribution in [-0.2, 0) is 4.79 Å². The van der Waals surface area contributed by atoms with Crippen LogP contribution in [0.25, 0.3) is 0 Å². The Labute approximate surface area is 123 Å². The second-order valence-corrected chi connectivity index (χ2v) is 7.29. The SMILES string of the molecule is CCC1(C(=O)O)CCN(C2CCC(C(C)C)CC2)CC1. The number of hydrogen-bond acceptors (Lipinski definition) is 2. The largest absolute Gasteiger partial charge is 0.481 e. The molecule has 2 aliphatic rings. The van der Waals surface area contributed by atoms with Gasteiger partial charge in [0.1, 0.15) is 0 Å². The molecule has 0 amide bonds. The van der Waals surface area contributed by atoms with E-state index in [1.807, 2.05) is 6.92 Å². The van der Waals surface area contributed by atoms with Crippen molar-refractivity contribution in [3.63, 3.8) is 0 Å². The smallest absolute Gasteiger partial charge is 0.309 e. The van der Waals surface area contributed by atoms with Crippen LogP contribution in [0, 0.1) is 17.3 Å². The Morgan fingerprint density at radius 3 is 2.15 bits per heavy atom. The van der Waals surface area contributed by atoms with Crippen LogP contribution in [0.4, 0.5) is 0 Å². The molecular weight excluding hydrogens is 250 g/mol. The first-order chi connectivity index (χ1) is 9.48. The van der Waals surface area contributed by atoms with Crippen LogP contribution in [0.2, 0.25) is 0 Å². The molecule has 0 spiro atoms. The van der Waals surface area contributed by atoms with Crippen molar-refractivity contribution in [1.29, 1.82) is 0 Å². The van der Waals surface area contributed by atoms with Gasteiger partial charge in [-0.25, -0.2) is 0 Å². The third-order valence-electron chi connectivity index (χ3n) is 6.09. The van der Waals surface area contributed by atoms with Crippen LogP contribution in [0.3, 0.4) is 0 Å². The van der Waals surface area contributed by atoms with Gasteiger partial charge in [-0.05, 0) is 69.9 Å². The van der Waals surface area contributed by atoms with E-state index in [9.17, 15) is 9.90 Å². The molecule has 3 nitrogen and oxygen atoms in total. The van der Waals surface area contributed by atoms with Crippen molar-refractivity contribution in [3.8, 4) is 0 Å². The van der Waals surface area contributed by atoms with Crippen molar-refractivity contribution in [3.05, 3.63) is 0 Å². The number of carboxylic acid groups (broad SMARTS) is 1. The zero-order valence-electron chi connectivity index (χ0n) is 13.4. The summed E-state index contributed by atoms with van der Waals surface area (Å²) in [5, 5.41) is 9.46. The molecule has 20 heavy (non-hydrogen) atoms. The van der Waals surface area contributed by atoms with E-state index in [0.29, 0.717) is 6.04 Å². The highest BCUT2D eigenvalue weighted by atomic mass is 16.4. The summed E-state index contributed by atoms with van der Waals surface area (Å²) in [5.74, 6) is 1.14. The van der Waals surface area contributed by atoms with Gasteiger partial charge >= 0.3 is 5.97 Å². The molecule has 2 fully saturated rings. The zero-order valence-corrected chi connectivity index (χ0v) is 13.4. The summed E-state index contributed by atoms with van der Waals surface area (Å²) in [6.07, 6.45) is 7.79. The monoisotopic (exact) mass is 281 g/mol. The molecular formula is C17H31NO2. The van der Waals surface area contributed by atoms with Crippen LogP contribution in [0.15, 0.2) is 0 Å². The van der Waals surface area contributed by atoms with Gasteiger partial charge in [-0.2, -0.15) is 0 Å². The Morgan fingerprint density at radius 2 is 1.75 bits per heavy atom. The van der Waals surface area contributed by atoms with Gasteiger partial charge in [0, 0.05) is 6.04 Å². The lowest BCUT2D eigenvalue weighted by Crippen LogP contribution is -2.48. The van der Waals surface area contributed by atoms with E-state index in [2.05, 4.69) is 18.7 Å². The van der Waals surface area contributed by atoms with Gasteiger partial charge in [0.15, 0.2) is 0 Å². The lowest BCUT2D eigenvalue weighted by atomic mass is 9.74. The van der Waals surface area contributed by atoms with E-state index < -0.39 is 11.4 Å². The maximum atomic E-state index is 11.5. The van der Waals surface area contributed by atoms with Gasteiger partial charge in [0.25, 0.3) is 0 Å². The molecule has 1 N–H and O–H groups in total. The molecule has 0 aromatic carbocycles. The second kappa shape index (κ2) is 6.46. The zero-order chi connectivity index (χ0) is 14.8. The maximum absolute atomic E-state index is 11.5. The van der Waals surface area contributed by atoms with E-state index in [1.165, 1.54) is 25.7 Å². The Morgan fingerprint density at radius 1 is 1.20 bits per heavy atom. The van der Waals surface area contributed by atoms with Crippen LogP contribution in [0.5, 0.6) is 0 Å². The summed E-state index contributed by atoms with van der Waals surface area (Å²) in [6, 6.07) is 0.716. The van der Waals surface area contributed by atoms with Gasteiger partial charge in [-0.3, -0.25) is 4.79 Å². The molecule has 1 saturated heterocycles. The predicted octanol–water partition coefficient (Wildman–Crippen LogP) is 3.78. The van der Waals surface area contributed by atoms with Crippen molar-refractivity contribution in [2.75, 3.05) is 13.1 Å². The summed E-state index contributed by atoms with van der Waals surface area (Å²) < 4.78 is 0. The molecule has 2 rings (SSSR count). The number of aliphatic carboxylic acids is 1. The Balaban J connectivity index is 1.84. The third kappa shape index (κ3) is 3.19. The Hall–Kier alpha value is -0.570. The number of rotatable bonds is 4. The maximum Gasteiger partial charge on any atom is 0.309 e. The van der Waals surface area contributed by atoms with Crippen LogP contribution in [0.1, 0.15) is 65.7 Å². The fourth-order valence-corrected chi connectivity index (χ4v) is 4.17. The topological polar surface area (TPSA) is 40.5 Å². The first-order valence-corrected chi connectivity index (χ1v) is 8.46. The van der Waals surface area contributed by atoms with Gasteiger partial charge in [0.2, 0.25) is 0 Å². The number of hydrogen-bond donors (Lipinski definition) is 1. The standard InChI is InChI=1S/C17H31NO2/c1-4-17(16(19)20)9-11-18(12-10-17)15-7-5-14(6-8-15)13(2)3/h13-15H,4-12H2,1-3H3,(H,19,20). The molecule has 3 heteroatoms. The summed E-state index contributed by atoms with van der Waals surface area (Å²) >= 11 is 0. The highest BCUT2D eigenvalue weighted by molar-refractivity contribution is 5.74. The van der Waals surface area contributed by atoms with Gasteiger partial charge < -0.3 is 10.0 Å². The number of carboxylic acids is 1. The molecule has 1 aliphatic heterocycles. The molecule has 0 aromatic heterocycles. The summed E-state index contributed by atoms with van der Waals surface area (Å²) in [6.45, 7) is 8.68. The third-order valence-corrected chi connectivity index (χ3v) is 6.09. The minimum atomic E-state index is -0.580. The summed E-state index contributed by atoms with van der Waals surface area (Å²) in [5.41, 5.74) is -0.439. The second-order valence-electron chi connectivity index (χ2n) is 7.29. The average Bonchev–Trinajstić information content (AvgIpc) is 2.47. The Kier molecular flexibility index (Phi) is 5.11. The normalized spacial score (nSPS) is 31.4. The van der Waals surface area contributed by atoms with Gasteiger partial charge in [-0.15, -0.1) is 0 Å². The minimum absolute atomic E-state index is 0.439. The van der Waals surface area contributed by atoms with E-state index in [0.717, 1.165) is 44.2 Å². The minimum Gasteiger partial charge on any atom is -0.481 e. The van der Waals surface area contributed by atoms with Crippen LogP contribution in [-0.4, -0.2) is 35.1 Å². The van der Waals surface area contributed by atoms with E-state index in [-0.39, 0.29) is 0 Å². The predicted molar refractivity (Wildman–Crippen MR) is 81.8 cm³/mol. The van der Waals surface area contributed by atoms with Crippen molar-refractivity contribution in [2.45, 2.75) is 71.8 Å². The highest BCUT2D eigenvalue weighted by Gasteiger charge is 2.41. The van der Waals surface area contributed by atoms with Gasteiger partial charge in [0.05, 0.1) is 5.41 Å². The van der Waals surface area contributed by atoms with E-state index in [1.54, 1.807) is 0 Å². The molecule has 0 aromatic rings.